The summed E-state index contributed by atoms with van der Waals surface area (Å²) >= 11 is 0. The Hall–Kier alpha value is -1.61. The van der Waals surface area contributed by atoms with Crippen LogP contribution in [0.5, 0.6) is 0 Å². The van der Waals surface area contributed by atoms with E-state index in [1.165, 1.54) is 16.7 Å². The van der Waals surface area contributed by atoms with E-state index in [0.29, 0.717) is 6.42 Å². The molecule has 2 rings (SSSR count). The summed E-state index contributed by atoms with van der Waals surface area (Å²) in [7, 11) is 0. The summed E-state index contributed by atoms with van der Waals surface area (Å²) in [4.78, 5) is 11.8. The van der Waals surface area contributed by atoms with E-state index in [-0.39, 0.29) is 5.91 Å². The van der Waals surface area contributed by atoms with E-state index in [1.54, 1.807) is 0 Å². The van der Waals surface area contributed by atoms with Crippen molar-refractivity contribution in [3.8, 4) is 0 Å². The molecule has 0 saturated heterocycles. The van der Waals surface area contributed by atoms with E-state index >= 15 is 0 Å². The third-order valence-corrected chi connectivity index (χ3v) is 3.69. The molecule has 0 saturated carbocycles. The predicted molar refractivity (Wildman–Crippen MR) is 82.7 cm³/mol. The lowest BCUT2D eigenvalue weighted by molar-refractivity contribution is -0.121. The fourth-order valence-corrected chi connectivity index (χ4v) is 2.36. The van der Waals surface area contributed by atoms with E-state index in [4.69, 9.17) is 0 Å². The highest BCUT2D eigenvalue weighted by atomic mass is 16.1. The van der Waals surface area contributed by atoms with Crippen molar-refractivity contribution in [2.45, 2.75) is 32.6 Å². The average Bonchev–Trinajstić information content (AvgIpc) is 2.48. The number of hydrogen-bond acceptors (Lipinski definition) is 2. The van der Waals surface area contributed by atoms with E-state index in [1.807, 2.05) is 0 Å². The SMILES string of the molecule is Cc1ccc(CCC(=O)NCCC2=CCNCC2)cc1. The van der Waals surface area contributed by atoms with Gasteiger partial charge in [-0.25, -0.2) is 0 Å². The van der Waals surface area contributed by atoms with E-state index in [9.17, 15) is 4.79 Å². The number of amides is 1. The number of rotatable bonds is 6. The molecule has 0 spiro atoms. The molecule has 1 aliphatic rings. The van der Waals surface area contributed by atoms with Gasteiger partial charge < -0.3 is 10.6 Å². The van der Waals surface area contributed by atoms with Gasteiger partial charge in [0.2, 0.25) is 5.91 Å². The van der Waals surface area contributed by atoms with Crippen molar-refractivity contribution in [1.82, 2.24) is 10.6 Å². The monoisotopic (exact) mass is 272 g/mol. The Morgan fingerprint density at radius 1 is 1.25 bits per heavy atom. The van der Waals surface area contributed by atoms with Crippen LogP contribution in [0.15, 0.2) is 35.9 Å². The summed E-state index contributed by atoms with van der Waals surface area (Å²) in [6.45, 7) is 4.87. The maximum atomic E-state index is 11.8. The molecule has 3 heteroatoms. The highest BCUT2D eigenvalue weighted by molar-refractivity contribution is 5.76. The molecule has 0 atom stereocenters. The number of hydrogen-bond donors (Lipinski definition) is 2. The normalized spacial score (nSPS) is 14.8. The zero-order chi connectivity index (χ0) is 14.2. The van der Waals surface area contributed by atoms with Crippen LogP contribution in [0.2, 0.25) is 0 Å². The minimum atomic E-state index is 0.153. The third-order valence-electron chi connectivity index (χ3n) is 3.69. The summed E-state index contributed by atoms with van der Waals surface area (Å²) in [6, 6.07) is 8.39. The first-order valence-corrected chi connectivity index (χ1v) is 7.45. The lowest BCUT2D eigenvalue weighted by Crippen LogP contribution is -2.26. The van der Waals surface area contributed by atoms with Crippen molar-refractivity contribution in [3.63, 3.8) is 0 Å². The van der Waals surface area contributed by atoms with E-state index in [2.05, 4.69) is 47.9 Å². The molecule has 2 N–H and O–H groups in total. The number of nitrogens with one attached hydrogen (secondary N) is 2. The predicted octanol–water partition coefficient (Wildman–Crippen LogP) is 2.35. The van der Waals surface area contributed by atoms with Crippen molar-refractivity contribution < 1.29 is 4.79 Å². The summed E-state index contributed by atoms with van der Waals surface area (Å²) < 4.78 is 0. The number of carbonyl (C=O) groups excluding carboxylic acids is 1. The van der Waals surface area contributed by atoms with E-state index < -0.39 is 0 Å². The largest absolute Gasteiger partial charge is 0.356 e. The molecule has 0 fully saturated rings. The summed E-state index contributed by atoms with van der Waals surface area (Å²) in [5.74, 6) is 0.153. The standard InChI is InChI=1S/C17H24N2O/c1-14-2-4-15(5-3-14)6-7-17(20)19-13-10-16-8-11-18-12-9-16/h2-5,8,18H,6-7,9-13H2,1H3,(H,19,20). The molecule has 3 nitrogen and oxygen atoms in total. The van der Waals surface area contributed by atoms with E-state index in [0.717, 1.165) is 38.9 Å². The zero-order valence-corrected chi connectivity index (χ0v) is 12.2. The van der Waals surface area contributed by atoms with Gasteiger partial charge in [0.25, 0.3) is 0 Å². The van der Waals surface area contributed by atoms with Gasteiger partial charge in [-0.05, 0) is 38.3 Å². The fraction of sp³-hybridized carbons (Fsp3) is 0.471. The Kier molecular flexibility index (Phi) is 5.81. The van der Waals surface area contributed by atoms with Crippen LogP contribution in [-0.2, 0) is 11.2 Å². The van der Waals surface area contributed by atoms with Gasteiger partial charge in [-0.15, -0.1) is 0 Å². The Morgan fingerprint density at radius 2 is 2.05 bits per heavy atom. The summed E-state index contributed by atoms with van der Waals surface area (Å²) in [6.07, 6.45) is 5.72. The van der Waals surface area contributed by atoms with Gasteiger partial charge in [0.15, 0.2) is 0 Å². The van der Waals surface area contributed by atoms with Crippen LogP contribution in [0.25, 0.3) is 0 Å². The zero-order valence-electron chi connectivity index (χ0n) is 12.2. The van der Waals surface area contributed by atoms with Crippen molar-refractivity contribution in [2.75, 3.05) is 19.6 Å². The van der Waals surface area contributed by atoms with Crippen LogP contribution in [0, 0.1) is 6.92 Å². The molecule has 0 aliphatic carbocycles. The fourth-order valence-electron chi connectivity index (χ4n) is 2.36. The molecule has 108 valence electrons. The first kappa shape index (κ1) is 14.8. The lowest BCUT2D eigenvalue weighted by Gasteiger charge is -2.14. The second kappa shape index (κ2) is 7.85. The molecule has 1 amide bonds. The van der Waals surface area contributed by atoms with Crippen LogP contribution < -0.4 is 10.6 Å². The Bertz CT molecular complexity index is 462. The maximum absolute atomic E-state index is 11.8. The Morgan fingerprint density at radius 3 is 2.75 bits per heavy atom. The summed E-state index contributed by atoms with van der Waals surface area (Å²) in [5, 5.41) is 6.30. The molecule has 20 heavy (non-hydrogen) atoms. The highest BCUT2D eigenvalue weighted by Crippen LogP contribution is 2.08. The van der Waals surface area contributed by atoms with Crippen LogP contribution >= 0.6 is 0 Å². The van der Waals surface area contributed by atoms with Crippen molar-refractivity contribution in [3.05, 3.63) is 47.0 Å². The van der Waals surface area contributed by atoms with Gasteiger partial charge in [0.05, 0.1) is 0 Å². The Balaban J connectivity index is 1.62. The quantitative estimate of drug-likeness (QED) is 0.781. The van der Waals surface area contributed by atoms with Crippen molar-refractivity contribution in [1.29, 1.82) is 0 Å². The van der Waals surface area contributed by atoms with Crippen LogP contribution in [0.4, 0.5) is 0 Å². The smallest absolute Gasteiger partial charge is 0.220 e. The molecule has 0 unspecified atom stereocenters. The minimum Gasteiger partial charge on any atom is -0.356 e. The first-order chi connectivity index (χ1) is 9.74. The van der Waals surface area contributed by atoms with Gasteiger partial charge in [-0.1, -0.05) is 41.5 Å². The lowest BCUT2D eigenvalue weighted by atomic mass is 10.1. The third kappa shape index (κ3) is 5.17. The first-order valence-electron chi connectivity index (χ1n) is 7.45. The molecule has 0 radical (unpaired) electrons. The van der Waals surface area contributed by atoms with Crippen LogP contribution in [-0.4, -0.2) is 25.5 Å². The van der Waals surface area contributed by atoms with Gasteiger partial charge in [0, 0.05) is 19.5 Å². The molecule has 0 bridgehead atoms. The molecule has 1 aromatic carbocycles. The molecule has 1 aromatic rings. The minimum absolute atomic E-state index is 0.153. The molecule has 1 aliphatic heterocycles. The van der Waals surface area contributed by atoms with Crippen molar-refractivity contribution in [2.24, 2.45) is 0 Å². The number of aryl methyl sites for hydroxylation is 2. The Labute approximate surface area is 121 Å². The van der Waals surface area contributed by atoms with Gasteiger partial charge in [-0.3, -0.25) is 4.79 Å². The maximum Gasteiger partial charge on any atom is 0.220 e. The molecular weight excluding hydrogens is 248 g/mol. The second-order valence-corrected chi connectivity index (χ2v) is 5.40. The number of benzene rings is 1. The topological polar surface area (TPSA) is 41.1 Å². The molecular formula is C17H24N2O. The average molecular weight is 272 g/mol. The van der Waals surface area contributed by atoms with Crippen LogP contribution in [0.1, 0.15) is 30.4 Å². The molecule has 0 aromatic heterocycles. The number of carbonyl (C=O) groups is 1. The van der Waals surface area contributed by atoms with Gasteiger partial charge in [0.1, 0.15) is 0 Å². The highest BCUT2D eigenvalue weighted by Gasteiger charge is 2.05. The van der Waals surface area contributed by atoms with Crippen LogP contribution in [0.3, 0.4) is 0 Å². The second-order valence-electron chi connectivity index (χ2n) is 5.40. The van der Waals surface area contributed by atoms with Crippen molar-refractivity contribution >= 4 is 5.91 Å². The van der Waals surface area contributed by atoms with Gasteiger partial charge >= 0.3 is 0 Å². The van der Waals surface area contributed by atoms with Gasteiger partial charge in [-0.2, -0.15) is 0 Å². The summed E-state index contributed by atoms with van der Waals surface area (Å²) in [5.41, 5.74) is 3.95. The molecule has 1 heterocycles.